The molecule has 5 atom stereocenters. The van der Waals surface area contributed by atoms with Crippen molar-refractivity contribution >= 4 is 23.9 Å². The molecule has 0 aromatic rings. The first-order valence-electron chi connectivity index (χ1n) is 6.51. The van der Waals surface area contributed by atoms with Crippen LogP contribution in [0.25, 0.3) is 0 Å². The van der Waals surface area contributed by atoms with E-state index in [0.717, 1.165) is 0 Å². The van der Waals surface area contributed by atoms with Gasteiger partial charge in [0.25, 0.3) is 0 Å². The SMILES string of the molecule is CC1CC(C(CC(=O)O)C(=O)O)CC2C(=O)OC(=O)C12. The van der Waals surface area contributed by atoms with Crippen LogP contribution in [-0.4, -0.2) is 34.1 Å². The molecular weight excluding hydrogens is 268 g/mol. The Labute approximate surface area is 114 Å². The highest BCUT2D eigenvalue weighted by atomic mass is 16.6. The number of aliphatic carboxylic acids is 2. The number of carbonyl (C=O) groups excluding carboxylic acids is 2. The number of hydrogen-bond acceptors (Lipinski definition) is 5. The van der Waals surface area contributed by atoms with E-state index >= 15 is 0 Å². The molecule has 0 bridgehead atoms. The minimum atomic E-state index is -1.18. The third kappa shape index (κ3) is 2.52. The van der Waals surface area contributed by atoms with Gasteiger partial charge in [-0.05, 0) is 24.7 Å². The number of cyclic esters (lactones) is 2. The Hall–Kier alpha value is -1.92. The molecule has 2 aliphatic rings. The lowest BCUT2D eigenvalue weighted by molar-refractivity contribution is -0.154. The summed E-state index contributed by atoms with van der Waals surface area (Å²) >= 11 is 0. The van der Waals surface area contributed by atoms with Gasteiger partial charge in [0.15, 0.2) is 0 Å². The Morgan fingerprint density at radius 3 is 2.45 bits per heavy atom. The quantitative estimate of drug-likeness (QED) is 0.570. The van der Waals surface area contributed by atoms with Gasteiger partial charge in [0.2, 0.25) is 0 Å². The molecular formula is C13H16O7. The summed E-state index contributed by atoms with van der Waals surface area (Å²) in [5.41, 5.74) is 0. The van der Waals surface area contributed by atoms with Gasteiger partial charge >= 0.3 is 23.9 Å². The number of fused-ring (bicyclic) bond motifs is 1. The van der Waals surface area contributed by atoms with E-state index in [9.17, 15) is 24.3 Å². The molecule has 7 nitrogen and oxygen atoms in total. The zero-order chi connectivity index (χ0) is 15.0. The van der Waals surface area contributed by atoms with Gasteiger partial charge in [-0.25, -0.2) is 0 Å². The maximum absolute atomic E-state index is 11.6. The van der Waals surface area contributed by atoms with E-state index in [1.165, 1.54) is 0 Å². The zero-order valence-corrected chi connectivity index (χ0v) is 10.9. The molecule has 0 aromatic carbocycles. The fraction of sp³-hybridized carbons (Fsp3) is 0.692. The number of carboxylic acids is 2. The summed E-state index contributed by atoms with van der Waals surface area (Å²) in [5, 5.41) is 18.0. The number of esters is 2. The summed E-state index contributed by atoms with van der Waals surface area (Å²) in [6.07, 6.45) is 0.130. The van der Waals surface area contributed by atoms with E-state index < -0.39 is 54.0 Å². The van der Waals surface area contributed by atoms with Crippen molar-refractivity contribution in [2.24, 2.45) is 29.6 Å². The number of carbonyl (C=O) groups is 4. The van der Waals surface area contributed by atoms with Crippen molar-refractivity contribution < 1.29 is 34.1 Å². The van der Waals surface area contributed by atoms with Crippen LogP contribution in [0.15, 0.2) is 0 Å². The summed E-state index contributed by atoms with van der Waals surface area (Å²) in [5.74, 6) is -6.33. The third-order valence-electron chi connectivity index (χ3n) is 4.33. The van der Waals surface area contributed by atoms with Crippen LogP contribution in [0, 0.1) is 29.6 Å². The van der Waals surface area contributed by atoms with Crippen molar-refractivity contribution in [2.75, 3.05) is 0 Å². The fourth-order valence-corrected chi connectivity index (χ4v) is 3.44. The largest absolute Gasteiger partial charge is 0.481 e. The van der Waals surface area contributed by atoms with Crippen LogP contribution in [-0.2, 0) is 23.9 Å². The van der Waals surface area contributed by atoms with Gasteiger partial charge in [0.05, 0.1) is 24.2 Å². The van der Waals surface area contributed by atoms with Crippen molar-refractivity contribution in [3.05, 3.63) is 0 Å². The van der Waals surface area contributed by atoms with Crippen molar-refractivity contribution in [3.63, 3.8) is 0 Å². The molecule has 1 aliphatic carbocycles. The van der Waals surface area contributed by atoms with Crippen LogP contribution in [0.4, 0.5) is 0 Å². The molecule has 0 amide bonds. The maximum Gasteiger partial charge on any atom is 0.317 e. The molecule has 2 fully saturated rings. The van der Waals surface area contributed by atoms with E-state index in [4.69, 9.17) is 5.11 Å². The molecule has 110 valence electrons. The number of carboxylic acid groups (broad SMARTS) is 2. The lowest BCUT2D eigenvalue weighted by Gasteiger charge is -2.35. The van der Waals surface area contributed by atoms with Gasteiger partial charge in [0, 0.05) is 0 Å². The van der Waals surface area contributed by atoms with Crippen molar-refractivity contribution in [3.8, 4) is 0 Å². The predicted molar refractivity (Wildman–Crippen MR) is 63.3 cm³/mol. The highest BCUT2D eigenvalue weighted by Gasteiger charge is 2.52. The molecule has 5 unspecified atom stereocenters. The van der Waals surface area contributed by atoms with Gasteiger partial charge in [-0.15, -0.1) is 0 Å². The van der Waals surface area contributed by atoms with Gasteiger partial charge < -0.3 is 14.9 Å². The minimum absolute atomic E-state index is 0.187. The van der Waals surface area contributed by atoms with Gasteiger partial charge in [0.1, 0.15) is 0 Å². The second kappa shape index (κ2) is 5.22. The Balaban J connectivity index is 2.18. The molecule has 7 heteroatoms. The predicted octanol–water partition coefficient (Wildman–Crippen LogP) is 0.524. The Bertz CT molecular complexity index is 469. The molecule has 2 rings (SSSR count). The van der Waals surface area contributed by atoms with E-state index in [1.54, 1.807) is 6.92 Å². The van der Waals surface area contributed by atoms with Crippen LogP contribution in [0.5, 0.6) is 0 Å². The smallest absolute Gasteiger partial charge is 0.317 e. The van der Waals surface area contributed by atoms with Crippen LogP contribution in [0.1, 0.15) is 26.2 Å². The van der Waals surface area contributed by atoms with Crippen LogP contribution < -0.4 is 0 Å². The number of hydrogen-bond donors (Lipinski definition) is 2. The average molecular weight is 284 g/mol. The molecule has 0 aromatic heterocycles. The Morgan fingerprint density at radius 1 is 1.25 bits per heavy atom. The summed E-state index contributed by atoms with van der Waals surface area (Å²) in [6.45, 7) is 1.77. The van der Waals surface area contributed by atoms with E-state index in [0.29, 0.717) is 6.42 Å². The first kappa shape index (κ1) is 14.5. The standard InChI is InChI=1S/C13H16O7/c1-5-2-6(7(11(16)17)4-9(14)15)3-8-10(5)13(19)20-12(8)18/h5-8,10H,2-4H2,1H3,(H,14,15)(H,16,17). The normalized spacial score (nSPS) is 34.2. The summed E-state index contributed by atoms with van der Waals surface area (Å²) in [7, 11) is 0. The second-order valence-corrected chi connectivity index (χ2v) is 5.62. The molecule has 1 saturated heterocycles. The van der Waals surface area contributed by atoms with Gasteiger partial charge in [-0.1, -0.05) is 6.92 Å². The number of rotatable bonds is 4. The third-order valence-corrected chi connectivity index (χ3v) is 4.33. The minimum Gasteiger partial charge on any atom is -0.481 e. The zero-order valence-electron chi connectivity index (χ0n) is 10.9. The molecule has 1 saturated carbocycles. The molecule has 0 radical (unpaired) electrons. The Morgan fingerprint density at radius 2 is 1.90 bits per heavy atom. The topological polar surface area (TPSA) is 118 Å². The highest BCUT2D eigenvalue weighted by Crippen LogP contribution is 2.45. The van der Waals surface area contributed by atoms with E-state index in [-0.39, 0.29) is 12.3 Å². The van der Waals surface area contributed by atoms with Crippen LogP contribution >= 0.6 is 0 Å². The van der Waals surface area contributed by atoms with Gasteiger partial charge in [-0.3, -0.25) is 19.2 Å². The average Bonchev–Trinajstić information content (AvgIpc) is 2.61. The van der Waals surface area contributed by atoms with Crippen molar-refractivity contribution in [2.45, 2.75) is 26.2 Å². The molecule has 1 heterocycles. The van der Waals surface area contributed by atoms with Crippen LogP contribution in [0.2, 0.25) is 0 Å². The molecule has 1 aliphatic heterocycles. The summed E-state index contributed by atoms with van der Waals surface area (Å²) in [4.78, 5) is 45.2. The lowest BCUT2D eigenvalue weighted by Crippen LogP contribution is -2.38. The maximum atomic E-state index is 11.6. The molecule has 0 spiro atoms. The van der Waals surface area contributed by atoms with E-state index in [1.807, 2.05) is 0 Å². The Kier molecular flexibility index (Phi) is 3.78. The van der Waals surface area contributed by atoms with Crippen molar-refractivity contribution in [1.82, 2.24) is 0 Å². The van der Waals surface area contributed by atoms with Gasteiger partial charge in [-0.2, -0.15) is 0 Å². The molecule has 20 heavy (non-hydrogen) atoms. The molecule has 2 N–H and O–H groups in total. The van der Waals surface area contributed by atoms with E-state index in [2.05, 4.69) is 4.74 Å². The van der Waals surface area contributed by atoms with Crippen molar-refractivity contribution in [1.29, 1.82) is 0 Å². The first-order chi connectivity index (χ1) is 9.31. The second-order valence-electron chi connectivity index (χ2n) is 5.62. The monoisotopic (exact) mass is 284 g/mol. The first-order valence-corrected chi connectivity index (χ1v) is 6.51. The highest BCUT2D eigenvalue weighted by molar-refractivity contribution is 5.96. The lowest BCUT2D eigenvalue weighted by atomic mass is 9.65. The summed E-state index contributed by atoms with van der Waals surface area (Å²) in [6, 6.07) is 0. The fourth-order valence-electron chi connectivity index (χ4n) is 3.44. The summed E-state index contributed by atoms with van der Waals surface area (Å²) < 4.78 is 4.61. The number of ether oxygens (including phenoxy) is 1. The van der Waals surface area contributed by atoms with Crippen LogP contribution in [0.3, 0.4) is 0 Å².